The summed E-state index contributed by atoms with van der Waals surface area (Å²) in [4.78, 5) is 13.1. The number of carbonyl (C=O) groups is 1. The summed E-state index contributed by atoms with van der Waals surface area (Å²) < 4.78 is 6.29. The lowest BCUT2D eigenvalue weighted by Gasteiger charge is -2.35. The number of aliphatic hydroxyl groups excluding tert-OH is 1. The van der Waals surface area contributed by atoms with Crippen molar-refractivity contribution in [3.8, 4) is 5.75 Å². The van der Waals surface area contributed by atoms with Crippen molar-refractivity contribution >= 4 is 21.8 Å². The molecule has 4 nitrogen and oxygen atoms in total. The first-order valence-electron chi connectivity index (χ1n) is 4.99. The molecule has 0 atom stereocenters. The second-order valence-electron chi connectivity index (χ2n) is 3.70. The van der Waals surface area contributed by atoms with Gasteiger partial charge in [0.25, 0.3) is 5.91 Å². The van der Waals surface area contributed by atoms with Crippen LogP contribution in [0.25, 0.3) is 0 Å². The van der Waals surface area contributed by atoms with E-state index in [0.29, 0.717) is 18.8 Å². The lowest BCUT2D eigenvalue weighted by molar-refractivity contribution is -0.143. The minimum absolute atomic E-state index is 0.0222. The van der Waals surface area contributed by atoms with E-state index in [-0.39, 0.29) is 18.6 Å². The fourth-order valence-electron chi connectivity index (χ4n) is 1.43. The van der Waals surface area contributed by atoms with E-state index in [2.05, 4.69) is 15.9 Å². The third-order valence-corrected chi connectivity index (χ3v) is 2.92. The number of likely N-dealkylation sites (tertiary alicyclic amines) is 1. The van der Waals surface area contributed by atoms with Crippen LogP contribution >= 0.6 is 15.9 Å². The SMILES string of the molecule is O=C(COc1ccc(Br)cc1)N1CC(O)C1. The summed E-state index contributed by atoms with van der Waals surface area (Å²) in [5.74, 6) is 0.575. The van der Waals surface area contributed by atoms with Crippen LogP contribution in [0.5, 0.6) is 5.75 Å². The highest BCUT2D eigenvalue weighted by Gasteiger charge is 2.28. The number of carbonyl (C=O) groups excluding carboxylic acids is 1. The van der Waals surface area contributed by atoms with Crippen LogP contribution in [0.4, 0.5) is 0 Å². The van der Waals surface area contributed by atoms with Gasteiger partial charge in [0.2, 0.25) is 0 Å². The summed E-state index contributed by atoms with van der Waals surface area (Å²) in [7, 11) is 0. The smallest absolute Gasteiger partial charge is 0.260 e. The van der Waals surface area contributed by atoms with Gasteiger partial charge in [-0.2, -0.15) is 0 Å². The molecule has 5 heteroatoms. The quantitative estimate of drug-likeness (QED) is 0.903. The number of amides is 1. The van der Waals surface area contributed by atoms with Gasteiger partial charge in [-0.3, -0.25) is 4.79 Å². The molecule has 0 aromatic heterocycles. The molecular weight excluding hydrogens is 274 g/mol. The Labute approximate surface area is 102 Å². The van der Waals surface area contributed by atoms with Gasteiger partial charge in [0.15, 0.2) is 6.61 Å². The number of rotatable bonds is 3. The molecule has 1 N–H and O–H groups in total. The molecule has 0 saturated carbocycles. The van der Waals surface area contributed by atoms with Gasteiger partial charge in [-0.05, 0) is 24.3 Å². The van der Waals surface area contributed by atoms with E-state index in [9.17, 15) is 4.79 Å². The van der Waals surface area contributed by atoms with Gasteiger partial charge in [0.1, 0.15) is 5.75 Å². The van der Waals surface area contributed by atoms with E-state index in [1.807, 2.05) is 12.1 Å². The third-order valence-electron chi connectivity index (χ3n) is 2.39. The van der Waals surface area contributed by atoms with Gasteiger partial charge in [0, 0.05) is 17.6 Å². The van der Waals surface area contributed by atoms with Crippen LogP contribution in [0.15, 0.2) is 28.7 Å². The third kappa shape index (κ3) is 2.74. The van der Waals surface area contributed by atoms with E-state index in [0.717, 1.165) is 4.47 Å². The van der Waals surface area contributed by atoms with Gasteiger partial charge >= 0.3 is 0 Å². The topological polar surface area (TPSA) is 49.8 Å². The first-order valence-corrected chi connectivity index (χ1v) is 5.78. The van der Waals surface area contributed by atoms with Crippen molar-refractivity contribution in [2.75, 3.05) is 19.7 Å². The monoisotopic (exact) mass is 285 g/mol. The van der Waals surface area contributed by atoms with Crippen LogP contribution in [0.3, 0.4) is 0 Å². The van der Waals surface area contributed by atoms with E-state index in [4.69, 9.17) is 9.84 Å². The predicted octanol–water partition coefficient (Wildman–Crippen LogP) is 1.03. The maximum absolute atomic E-state index is 11.5. The van der Waals surface area contributed by atoms with Gasteiger partial charge < -0.3 is 14.7 Å². The van der Waals surface area contributed by atoms with E-state index >= 15 is 0 Å². The molecular formula is C11H12BrNO3. The molecule has 1 saturated heterocycles. The lowest BCUT2D eigenvalue weighted by atomic mass is 10.2. The molecule has 1 amide bonds. The molecule has 0 aliphatic carbocycles. The largest absolute Gasteiger partial charge is 0.484 e. The number of ether oxygens (including phenoxy) is 1. The Morgan fingerprint density at radius 3 is 2.62 bits per heavy atom. The van der Waals surface area contributed by atoms with E-state index < -0.39 is 0 Å². The fraction of sp³-hybridized carbons (Fsp3) is 0.364. The zero-order valence-electron chi connectivity index (χ0n) is 8.60. The predicted molar refractivity (Wildman–Crippen MR) is 62.2 cm³/mol. The van der Waals surface area contributed by atoms with Crippen LogP contribution in [0, 0.1) is 0 Å². The van der Waals surface area contributed by atoms with Gasteiger partial charge in [-0.15, -0.1) is 0 Å². The van der Waals surface area contributed by atoms with Gasteiger partial charge in [0.05, 0.1) is 6.10 Å². The van der Waals surface area contributed by atoms with Crippen molar-refractivity contribution in [1.82, 2.24) is 4.90 Å². The molecule has 2 rings (SSSR count). The summed E-state index contributed by atoms with van der Waals surface area (Å²) in [5, 5.41) is 9.04. The first kappa shape index (κ1) is 11.4. The molecule has 1 heterocycles. The summed E-state index contributed by atoms with van der Waals surface area (Å²) in [6, 6.07) is 7.30. The van der Waals surface area contributed by atoms with Crippen molar-refractivity contribution in [1.29, 1.82) is 0 Å². The molecule has 0 radical (unpaired) electrons. The minimum Gasteiger partial charge on any atom is -0.484 e. The molecule has 86 valence electrons. The number of hydrogen-bond acceptors (Lipinski definition) is 3. The number of halogens is 1. The van der Waals surface area contributed by atoms with Crippen molar-refractivity contribution in [3.63, 3.8) is 0 Å². The summed E-state index contributed by atoms with van der Waals surface area (Å²) in [6.07, 6.45) is -0.364. The number of nitrogens with zero attached hydrogens (tertiary/aromatic N) is 1. The summed E-state index contributed by atoms with van der Waals surface area (Å²) in [6.45, 7) is 0.861. The highest BCUT2D eigenvalue weighted by molar-refractivity contribution is 9.10. The number of β-amino-alcohol motifs (C(OH)–C–C–N with tert-alkyl or cyclic N) is 1. The number of benzene rings is 1. The maximum atomic E-state index is 11.5. The Morgan fingerprint density at radius 1 is 1.44 bits per heavy atom. The standard InChI is InChI=1S/C11H12BrNO3/c12-8-1-3-10(4-2-8)16-7-11(15)13-5-9(14)6-13/h1-4,9,14H,5-7H2. The molecule has 0 unspecified atom stereocenters. The minimum atomic E-state index is -0.364. The average Bonchev–Trinajstić information content (AvgIpc) is 2.24. The van der Waals surface area contributed by atoms with Crippen LogP contribution < -0.4 is 4.74 Å². The molecule has 0 bridgehead atoms. The Balaban J connectivity index is 1.79. The second kappa shape index (κ2) is 4.84. The van der Waals surface area contributed by atoms with E-state index in [1.165, 1.54) is 0 Å². The molecule has 0 spiro atoms. The second-order valence-corrected chi connectivity index (χ2v) is 4.61. The fourth-order valence-corrected chi connectivity index (χ4v) is 1.69. The number of hydrogen-bond donors (Lipinski definition) is 1. The van der Waals surface area contributed by atoms with Crippen LogP contribution in [-0.4, -0.2) is 41.7 Å². The van der Waals surface area contributed by atoms with Crippen LogP contribution in [-0.2, 0) is 4.79 Å². The molecule has 1 aromatic carbocycles. The molecule has 1 aliphatic rings. The van der Waals surface area contributed by atoms with Crippen molar-refractivity contribution in [3.05, 3.63) is 28.7 Å². The first-order chi connectivity index (χ1) is 7.65. The van der Waals surface area contributed by atoms with Gasteiger partial charge in [-0.1, -0.05) is 15.9 Å². The van der Waals surface area contributed by atoms with Crippen molar-refractivity contribution in [2.45, 2.75) is 6.10 Å². The normalized spacial score (nSPS) is 15.8. The Bertz CT molecular complexity index is 373. The Morgan fingerprint density at radius 2 is 2.06 bits per heavy atom. The highest BCUT2D eigenvalue weighted by Crippen LogP contribution is 2.16. The molecule has 1 aromatic rings. The van der Waals surface area contributed by atoms with Crippen LogP contribution in [0.2, 0.25) is 0 Å². The zero-order chi connectivity index (χ0) is 11.5. The Kier molecular flexibility index (Phi) is 3.46. The number of aliphatic hydroxyl groups is 1. The summed E-state index contributed by atoms with van der Waals surface area (Å²) >= 11 is 3.32. The molecule has 1 aliphatic heterocycles. The summed E-state index contributed by atoms with van der Waals surface area (Å²) in [5.41, 5.74) is 0. The van der Waals surface area contributed by atoms with Crippen molar-refractivity contribution < 1.29 is 14.6 Å². The molecule has 1 fully saturated rings. The zero-order valence-corrected chi connectivity index (χ0v) is 10.2. The van der Waals surface area contributed by atoms with Gasteiger partial charge in [-0.25, -0.2) is 0 Å². The molecule has 16 heavy (non-hydrogen) atoms. The Hall–Kier alpha value is -1.07. The maximum Gasteiger partial charge on any atom is 0.260 e. The van der Waals surface area contributed by atoms with Crippen LogP contribution in [0.1, 0.15) is 0 Å². The van der Waals surface area contributed by atoms with E-state index in [1.54, 1.807) is 17.0 Å². The highest BCUT2D eigenvalue weighted by atomic mass is 79.9. The lowest BCUT2D eigenvalue weighted by Crippen LogP contribution is -2.54. The van der Waals surface area contributed by atoms with Crippen molar-refractivity contribution in [2.24, 2.45) is 0 Å². The average molecular weight is 286 g/mol.